The smallest absolute Gasteiger partial charge is 0.251 e. The van der Waals surface area contributed by atoms with Gasteiger partial charge >= 0.3 is 0 Å². The number of nitrogens with two attached hydrogens (primary N) is 1. The van der Waals surface area contributed by atoms with Crippen LogP contribution in [0.3, 0.4) is 0 Å². The molecule has 1 aliphatic rings. The minimum absolute atomic E-state index is 0.200. The van der Waals surface area contributed by atoms with Gasteiger partial charge in [0.15, 0.2) is 0 Å². The van der Waals surface area contributed by atoms with Crippen LogP contribution in [-0.4, -0.2) is 33.5 Å². The maximum atomic E-state index is 12.1. The van der Waals surface area contributed by atoms with Crippen molar-refractivity contribution < 1.29 is 13.2 Å². The van der Waals surface area contributed by atoms with Crippen molar-refractivity contribution in [3.05, 3.63) is 35.4 Å². The average molecular weight is 353 g/mol. The summed E-state index contributed by atoms with van der Waals surface area (Å²) in [6.45, 7) is 1.29. The molecule has 4 N–H and O–H groups in total. The molecule has 0 radical (unpaired) electrons. The van der Waals surface area contributed by atoms with Gasteiger partial charge in [0.2, 0.25) is 10.0 Å². The SMILES string of the molecule is NS(=O)(=O)Cc1cccc(C(=O)NCCNC2CCCCCC2)c1. The van der Waals surface area contributed by atoms with Gasteiger partial charge in [0.1, 0.15) is 0 Å². The van der Waals surface area contributed by atoms with Gasteiger partial charge in [-0.2, -0.15) is 0 Å². The van der Waals surface area contributed by atoms with Crippen molar-refractivity contribution in [3.63, 3.8) is 0 Å². The lowest BCUT2D eigenvalue weighted by molar-refractivity contribution is 0.0953. The largest absolute Gasteiger partial charge is 0.351 e. The lowest BCUT2D eigenvalue weighted by atomic mass is 10.1. The quantitative estimate of drug-likeness (QED) is 0.511. The number of hydrogen-bond donors (Lipinski definition) is 3. The molecule has 0 saturated heterocycles. The number of benzene rings is 1. The number of rotatable bonds is 7. The fraction of sp³-hybridized carbons (Fsp3) is 0.588. The van der Waals surface area contributed by atoms with Crippen LogP contribution in [0.1, 0.15) is 54.4 Å². The minimum Gasteiger partial charge on any atom is -0.351 e. The summed E-state index contributed by atoms with van der Waals surface area (Å²) >= 11 is 0. The molecule has 1 aromatic carbocycles. The van der Waals surface area contributed by atoms with Gasteiger partial charge in [-0.1, -0.05) is 37.8 Å². The molecule has 1 amide bonds. The Morgan fingerprint density at radius 3 is 2.50 bits per heavy atom. The first-order chi connectivity index (χ1) is 11.4. The zero-order valence-corrected chi connectivity index (χ0v) is 14.8. The lowest BCUT2D eigenvalue weighted by Crippen LogP contribution is -2.36. The van der Waals surface area contributed by atoms with Crippen molar-refractivity contribution in [2.75, 3.05) is 13.1 Å². The highest BCUT2D eigenvalue weighted by Crippen LogP contribution is 2.16. The molecule has 24 heavy (non-hydrogen) atoms. The lowest BCUT2D eigenvalue weighted by Gasteiger charge is -2.16. The standard InChI is InChI=1S/C17H27N3O3S/c18-24(22,23)13-14-6-5-7-15(12-14)17(21)20-11-10-19-16-8-3-1-2-4-9-16/h5-7,12,16,19H,1-4,8-11,13H2,(H,20,21)(H2,18,22,23). The monoisotopic (exact) mass is 353 g/mol. The van der Waals surface area contributed by atoms with Crippen LogP contribution in [0.2, 0.25) is 0 Å². The summed E-state index contributed by atoms with van der Waals surface area (Å²) in [4.78, 5) is 12.1. The predicted molar refractivity (Wildman–Crippen MR) is 95.1 cm³/mol. The number of hydrogen-bond acceptors (Lipinski definition) is 4. The Bertz CT molecular complexity index is 638. The van der Waals surface area contributed by atoms with Gasteiger partial charge in [0.05, 0.1) is 5.75 Å². The highest BCUT2D eigenvalue weighted by molar-refractivity contribution is 7.88. The molecule has 134 valence electrons. The summed E-state index contributed by atoms with van der Waals surface area (Å²) in [7, 11) is -3.60. The summed E-state index contributed by atoms with van der Waals surface area (Å²) in [5, 5.41) is 11.4. The molecule has 0 aromatic heterocycles. The zero-order valence-electron chi connectivity index (χ0n) is 14.0. The fourth-order valence-electron chi connectivity index (χ4n) is 3.07. The van der Waals surface area contributed by atoms with Crippen LogP contribution < -0.4 is 15.8 Å². The molecule has 6 nitrogen and oxygen atoms in total. The van der Waals surface area contributed by atoms with E-state index in [1.54, 1.807) is 24.3 Å². The van der Waals surface area contributed by atoms with Crippen molar-refractivity contribution in [3.8, 4) is 0 Å². The molecule has 0 spiro atoms. The molecular formula is C17H27N3O3S. The van der Waals surface area contributed by atoms with Crippen LogP contribution in [0.25, 0.3) is 0 Å². The van der Waals surface area contributed by atoms with Crippen molar-refractivity contribution in [2.45, 2.75) is 50.3 Å². The number of carbonyl (C=O) groups is 1. The van der Waals surface area contributed by atoms with Crippen LogP contribution in [0.5, 0.6) is 0 Å². The van der Waals surface area contributed by atoms with Crippen LogP contribution in [-0.2, 0) is 15.8 Å². The molecule has 1 saturated carbocycles. The van der Waals surface area contributed by atoms with Crippen molar-refractivity contribution >= 4 is 15.9 Å². The van der Waals surface area contributed by atoms with Gasteiger partial charge in [-0.3, -0.25) is 4.79 Å². The second kappa shape index (κ2) is 9.15. The Morgan fingerprint density at radius 2 is 1.83 bits per heavy atom. The molecule has 0 unspecified atom stereocenters. The summed E-state index contributed by atoms with van der Waals surface area (Å²) in [6.07, 6.45) is 7.63. The van der Waals surface area contributed by atoms with Crippen LogP contribution in [0.15, 0.2) is 24.3 Å². The number of sulfonamides is 1. The number of amides is 1. The molecule has 0 atom stereocenters. The molecule has 0 heterocycles. The highest BCUT2D eigenvalue weighted by atomic mass is 32.2. The van der Waals surface area contributed by atoms with Gasteiger partial charge < -0.3 is 10.6 Å². The van der Waals surface area contributed by atoms with E-state index in [-0.39, 0.29) is 11.7 Å². The molecular weight excluding hydrogens is 326 g/mol. The van der Waals surface area contributed by atoms with E-state index in [0.717, 1.165) is 6.54 Å². The summed E-state index contributed by atoms with van der Waals surface area (Å²) in [6, 6.07) is 7.11. The van der Waals surface area contributed by atoms with Crippen LogP contribution in [0, 0.1) is 0 Å². The summed E-state index contributed by atoms with van der Waals surface area (Å²) < 4.78 is 22.3. The third-order valence-corrected chi connectivity index (χ3v) is 4.99. The Morgan fingerprint density at radius 1 is 1.12 bits per heavy atom. The highest BCUT2D eigenvalue weighted by Gasteiger charge is 2.12. The van der Waals surface area contributed by atoms with Gasteiger partial charge in [-0.05, 0) is 30.5 Å². The van der Waals surface area contributed by atoms with Gasteiger partial charge in [-0.25, -0.2) is 13.6 Å². The number of primary sulfonamides is 1. The molecule has 7 heteroatoms. The van der Waals surface area contributed by atoms with E-state index in [1.165, 1.54) is 38.5 Å². The third-order valence-electron chi connectivity index (χ3n) is 4.26. The average Bonchev–Trinajstić information content (AvgIpc) is 2.78. The second-order valence-corrected chi connectivity index (χ2v) is 8.02. The first-order valence-corrected chi connectivity index (χ1v) is 10.3. The van der Waals surface area contributed by atoms with E-state index >= 15 is 0 Å². The van der Waals surface area contributed by atoms with Crippen molar-refractivity contribution in [1.29, 1.82) is 0 Å². The van der Waals surface area contributed by atoms with Gasteiger partial charge in [0, 0.05) is 24.7 Å². The first kappa shape index (κ1) is 18.9. The predicted octanol–water partition coefficient (Wildman–Crippen LogP) is 1.52. The molecule has 2 rings (SSSR count). The van der Waals surface area contributed by atoms with Crippen molar-refractivity contribution in [2.24, 2.45) is 5.14 Å². The van der Waals surface area contributed by atoms with Gasteiger partial charge in [0.25, 0.3) is 5.91 Å². The molecule has 1 aromatic rings. The fourth-order valence-corrected chi connectivity index (χ4v) is 3.72. The Hall–Kier alpha value is -1.44. The van der Waals surface area contributed by atoms with E-state index in [0.29, 0.717) is 23.7 Å². The molecule has 1 fully saturated rings. The summed E-state index contributed by atoms with van der Waals surface area (Å²) in [5.41, 5.74) is 0.965. The number of nitrogens with one attached hydrogen (secondary N) is 2. The summed E-state index contributed by atoms with van der Waals surface area (Å²) in [5.74, 6) is -0.467. The van der Waals surface area contributed by atoms with E-state index in [2.05, 4.69) is 10.6 Å². The van der Waals surface area contributed by atoms with E-state index in [9.17, 15) is 13.2 Å². The Kier molecular flexibility index (Phi) is 7.20. The first-order valence-electron chi connectivity index (χ1n) is 8.55. The van der Waals surface area contributed by atoms with E-state index in [4.69, 9.17) is 5.14 Å². The van der Waals surface area contributed by atoms with Gasteiger partial charge in [-0.15, -0.1) is 0 Å². The van der Waals surface area contributed by atoms with Crippen LogP contribution in [0.4, 0.5) is 0 Å². The normalized spacial score (nSPS) is 16.5. The minimum atomic E-state index is -3.60. The van der Waals surface area contributed by atoms with E-state index < -0.39 is 10.0 Å². The topological polar surface area (TPSA) is 101 Å². The van der Waals surface area contributed by atoms with E-state index in [1.807, 2.05) is 0 Å². The van der Waals surface area contributed by atoms with Crippen molar-refractivity contribution in [1.82, 2.24) is 10.6 Å². The molecule has 1 aliphatic carbocycles. The Labute approximate surface area is 144 Å². The zero-order chi connectivity index (χ0) is 17.4. The Balaban J connectivity index is 1.76. The molecule has 0 bridgehead atoms. The number of carbonyl (C=O) groups excluding carboxylic acids is 1. The second-order valence-electron chi connectivity index (χ2n) is 6.41. The third kappa shape index (κ3) is 6.98. The maximum Gasteiger partial charge on any atom is 0.251 e. The molecule has 0 aliphatic heterocycles. The van der Waals surface area contributed by atoms with Crippen LogP contribution >= 0.6 is 0 Å². The maximum absolute atomic E-state index is 12.1.